The van der Waals surface area contributed by atoms with Crippen LogP contribution in [0.2, 0.25) is 0 Å². The van der Waals surface area contributed by atoms with Gasteiger partial charge in [0.15, 0.2) is 0 Å². The first-order valence-corrected chi connectivity index (χ1v) is 6.18. The van der Waals surface area contributed by atoms with Crippen LogP contribution in [-0.2, 0) is 4.79 Å². The normalized spacial score (nSPS) is 13.8. The molecule has 0 aromatic rings. The highest BCUT2D eigenvalue weighted by atomic mass is 16.4. The van der Waals surface area contributed by atoms with E-state index in [0.717, 1.165) is 19.3 Å². The molecule has 0 spiro atoms. The summed E-state index contributed by atoms with van der Waals surface area (Å²) in [4.78, 5) is 11.4. The molecule has 4 heteroatoms. The fraction of sp³-hybridized carbons (Fsp3) is 0.917. The highest BCUT2D eigenvalue weighted by molar-refractivity contribution is 5.78. The predicted octanol–water partition coefficient (Wildman–Crippen LogP) is 1.77. The van der Waals surface area contributed by atoms with Crippen molar-refractivity contribution in [3.05, 3.63) is 0 Å². The average Bonchev–Trinajstić information content (AvgIpc) is 2.26. The van der Waals surface area contributed by atoms with E-state index in [1.54, 1.807) is 0 Å². The van der Waals surface area contributed by atoms with Gasteiger partial charge in [0.25, 0.3) is 0 Å². The Kier molecular flexibility index (Phi) is 7.34. The number of aliphatic hydroxyl groups excluding tert-OH is 1. The lowest BCUT2D eigenvalue weighted by atomic mass is 9.87. The molecule has 0 aromatic carbocycles. The van der Waals surface area contributed by atoms with Gasteiger partial charge in [0, 0.05) is 6.04 Å². The van der Waals surface area contributed by atoms with Gasteiger partial charge in [0.05, 0.1) is 6.61 Å². The Morgan fingerprint density at radius 3 is 2.00 bits per heavy atom. The van der Waals surface area contributed by atoms with Gasteiger partial charge in [-0.2, -0.15) is 0 Å². The van der Waals surface area contributed by atoms with Crippen LogP contribution in [0.25, 0.3) is 0 Å². The van der Waals surface area contributed by atoms with E-state index in [4.69, 9.17) is 5.11 Å². The van der Waals surface area contributed by atoms with Crippen molar-refractivity contribution in [2.45, 2.75) is 64.5 Å². The highest BCUT2D eigenvalue weighted by Gasteiger charge is 2.37. The molecule has 1 atom stereocenters. The van der Waals surface area contributed by atoms with Gasteiger partial charge in [-0.25, -0.2) is 0 Å². The molecule has 0 bridgehead atoms. The molecule has 0 amide bonds. The smallest absolute Gasteiger partial charge is 0.323 e. The van der Waals surface area contributed by atoms with E-state index in [1.165, 1.54) is 0 Å². The molecule has 96 valence electrons. The van der Waals surface area contributed by atoms with E-state index in [-0.39, 0.29) is 12.6 Å². The molecule has 0 rings (SSSR count). The third kappa shape index (κ3) is 4.10. The summed E-state index contributed by atoms with van der Waals surface area (Å²) >= 11 is 0. The molecule has 0 aliphatic heterocycles. The van der Waals surface area contributed by atoms with Crippen molar-refractivity contribution in [2.75, 3.05) is 6.61 Å². The number of carbonyl (C=O) groups is 1. The molecule has 0 aromatic heterocycles. The molecular formula is C12H25NO3. The fourth-order valence-electron chi connectivity index (χ4n) is 2.07. The molecule has 0 heterocycles. The molecule has 0 radical (unpaired) electrons. The maximum absolute atomic E-state index is 11.4. The second-order valence-corrected chi connectivity index (χ2v) is 4.32. The first kappa shape index (κ1) is 15.4. The van der Waals surface area contributed by atoms with E-state index in [9.17, 15) is 9.90 Å². The van der Waals surface area contributed by atoms with Gasteiger partial charge in [-0.05, 0) is 19.3 Å². The Bertz CT molecular complexity index is 196. The van der Waals surface area contributed by atoms with Crippen LogP contribution in [0.1, 0.15) is 52.9 Å². The quantitative estimate of drug-likeness (QED) is 0.565. The number of aliphatic carboxylic acids is 1. The van der Waals surface area contributed by atoms with Crippen LogP contribution in [0.15, 0.2) is 0 Å². The maximum atomic E-state index is 11.4. The van der Waals surface area contributed by atoms with Crippen molar-refractivity contribution in [3.63, 3.8) is 0 Å². The molecule has 0 fully saturated rings. The SMILES string of the molecule is CCCC(CCC)(NC(CC)CO)C(=O)O. The topological polar surface area (TPSA) is 69.6 Å². The van der Waals surface area contributed by atoms with Gasteiger partial charge in [-0.15, -0.1) is 0 Å². The Labute approximate surface area is 98.1 Å². The summed E-state index contributed by atoms with van der Waals surface area (Å²) in [6, 6.07) is -0.130. The summed E-state index contributed by atoms with van der Waals surface area (Å²) in [6.07, 6.45) is 3.58. The Hall–Kier alpha value is -0.610. The van der Waals surface area contributed by atoms with Crippen LogP contribution in [0.3, 0.4) is 0 Å². The molecular weight excluding hydrogens is 206 g/mol. The van der Waals surface area contributed by atoms with Gasteiger partial charge >= 0.3 is 5.97 Å². The Morgan fingerprint density at radius 2 is 1.75 bits per heavy atom. The van der Waals surface area contributed by atoms with Crippen LogP contribution in [0.4, 0.5) is 0 Å². The van der Waals surface area contributed by atoms with Gasteiger partial charge in [-0.3, -0.25) is 10.1 Å². The number of rotatable bonds is 9. The van der Waals surface area contributed by atoms with Gasteiger partial charge in [0.1, 0.15) is 5.54 Å². The van der Waals surface area contributed by atoms with Crippen molar-refractivity contribution in [1.82, 2.24) is 5.32 Å². The highest BCUT2D eigenvalue weighted by Crippen LogP contribution is 2.21. The minimum atomic E-state index is -0.868. The van der Waals surface area contributed by atoms with Crippen LogP contribution in [0, 0.1) is 0 Å². The van der Waals surface area contributed by atoms with E-state index in [2.05, 4.69) is 5.32 Å². The fourth-order valence-corrected chi connectivity index (χ4v) is 2.07. The van der Waals surface area contributed by atoms with E-state index < -0.39 is 11.5 Å². The van der Waals surface area contributed by atoms with Crippen molar-refractivity contribution in [1.29, 1.82) is 0 Å². The van der Waals surface area contributed by atoms with Crippen molar-refractivity contribution < 1.29 is 15.0 Å². The molecule has 0 aliphatic rings. The zero-order valence-corrected chi connectivity index (χ0v) is 10.6. The number of hydrogen-bond acceptors (Lipinski definition) is 3. The van der Waals surface area contributed by atoms with Crippen molar-refractivity contribution in [2.24, 2.45) is 0 Å². The number of carboxylic acids is 1. The number of aliphatic hydroxyl groups is 1. The summed E-state index contributed by atoms with van der Waals surface area (Å²) in [5.74, 6) is -0.803. The molecule has 3 N–H and O–H groups in total. The monoisotopic (exact) mass is 231 g/mol. The minimum Gasteiger partial charge on any atom is -0.480 e. The predicted molar refractivity (Wildman–Crippen MR) is 64.5 cm³/mol. The number of nitrogens with one attached hydrogen (secondary N) is 1. The van der Waals surface area contributed by atoms with Crippen LogP contribution in [0.5, 0.6) is 0 Å². The molecule has 0 saturated carbocycles. The average molecular weight is 231 g/mol. The lowest BCUT2D eigenvalue weighted by Crippen LogP contribution is -2.56. The summed E-state index contributed by atoms with van der Waals surface area (Å²) in [6.45, 7) is 5.89. The zero-order valence-electron chi connectivity index (χ0n) is 10.6. The van der Waals surface area contributed by atoms with Gasteiger partial charge in [-0.1, -0.05) is 33.6 Å². The Morgan fingerprint density at radius 1 is 1.25 bits per heavy atom. The standard InChI is InChI=1S/C12H25NO3/c1-4-7-12(8-5-2,11(15)16)13-10(6-3)9-14/h10,13-14H,4-9H2,1-3H3,(H,15,16). The number of hydrogen-bond donors (Lipinski definition) is 3. The van der Waals surface area contributed by atoms with Crippen molar-refractivity contribution in [3.8, 4) is 0 Å². The summed E-state index contributed by atoms with van der Waals surface area (Å²) in [5, 5.41) is 21.7. The van der Waals surface area contributed by atoms with Crippen LogP contribution < -0.4 is 5.32 Å². The molecule has 16 heavy (non-hydrogen) atoms. The number of carboxylic acid groups (broad SMARTS) is 1. The molecule has 0 saturated heterocycles. The van der Waals surface area contributed by atoms with Crippen molar-refractivity contribution >= 4 is 5.97 Å². The summed E-state index contributed by atoms with van der Waals surface area (Å²) < 4.78 is 0. The largest absolute Gasteiger partial charge is 0.480 e. The van der Waals surface area contributed by atoms with E-state index >= 15 is 0 Å². The first-order chi connectivity index (χ1) is 7.56. The third-order valence-electron chi connectivity index (χ3n) is 2.96. The van der Waals surface area contributed by atoms with E-state index in [0.29, 0.717) is 12.8 Å². The third-order valence-corrected chi connectivity index (χ3v) is 2.96. The Balaban J connectivity index is 4.78. The minimum absolute atomic E-state index is 0.0149. The van der Waals surface area contributed by atoms with Crippen LogP contribution >= 0.6 is 0 Å². The van der Waals surface area contributed by atoms with Gasteiger partial charge in [0.2, 0.25) is 0 Å². The lowest BCUT2D eigenvalue weighted by molar-refractivity contribution is -0.146. The maximum Gasteiger partial charge on any atom is 0.323 e. The summed E-state index contributed by atoms with van der Waals surface area (Å²) in [7, 11) is 0. The molecule has 4 nitrogen and oxygen atoms in total. The molecule has 0 aliphatic carbocycles. The first-order valence-electron chi connectivity index (χ1n) is 6.18. The molecule has 1 unspecified atom stereocenters. The lowest BCUT2D eigenvalue weighted by Gasteiger charge is -2.33. The second kappa shape index (κ2) is 7.63. The van der Waals surface area contributed by atoms with E-state index in [1.807, 2.05) is 20.8 Å². The zero-order chi connectivity index (χ0) is 12.6. The van der Waals surface area contributed by atoms with Gasteiger partial charge < -0.3 is 10.2 Å². The second-order valence-electron chi connectivity index (χ2n) is 4.32. The summed E-state index contributed by atoms with van der Waals surface area (Å²) in [5.41, 5.74) is -0.868. The van der Waals surface area contributed by atoms with Crippen LogP contribution in [-0.4, -0.2) is 34.4 Å².